The molecule has 122 valence electrons. The minimum Gasteiger partial charge on any atom is -0.422 e. The summed E-state index contributed by atoms with van der Waals surface area (Å²) in [6.07, 6.45) is 0. The first-order valence-electron chi connectivity index (χ1n) is 7.94. The zero-order chi connectivity index (χ0) is 17.4. The van der Waals surface area contributed by atoms with Gasteiger partial charge in [0.05, 0.1) is 16.5 Å². The van der Waals surface area contributed by atoms with E-state index < -0.39 is 5.63 Å². The van der Waals surface area contributed by atoms with E-state index in [-0.39, 0.29) is 5.56 Å². The van der Waals surface area contributed by atoms with Gasteiger partial charge >= 0.3 is 5.63 Å². The lowest BCUT2D eigenvalue weighted by Crippen LogP contribution is -2.21. The molecule has 2 aromatic carbocycles. The highest BCUT2D eigenvalue weighted by molar-refractivity contribution is 5.86. The number of hydrogen-bond acceptors (Lipinski definition) is 3. The van der Waals surface area contributed by atoms with E-state index in [1.807, 2.05) is 60.7 Å². The predicted molar refractivity (Wildman–Crippen MR) is 98.6 cm³/mol. The van der Waals surface area contributed by atoms with Crippen molar-refractivity contribution in [3.05, 3.63) is 93.6 Å². The van der Waals surface area contributed by atoms with Crippen LogP contribution in [0.2, 0.25) is 0 Å². The molecule has 0 bridgehead atoms. The van der Waals surface area contributed by atoms with Crippen molar-refractivity contribution in [2.75, 3.05) is 0 Å². The van der Waals surface area contributed by atoms with Crippen molar-refractivity contribution in [3.8, 4) is 22.6 Å². The number of aromatic nitrogens is 1. The first kappa shape index (κ1) is 15.1. The summed E-state index contributed by atoms with van der Waals surface area (Å²) >= 11 is 0. The summed E-state index contributed by atoms with van der Waals surface area (Å²) in [4.78, 5) is 25.3. The zero-order valence-corrected chi connectivity index (χ0v) is 13.6. The van der Waals surface area contributed by atoms with Crippen molar-refractivity contribution in [2.24, 2.45) is 7.05 Å². The normalized spacial score (nSPS) is 10.9. The summed E-state index contributed by atoms with van der Waals surface area (Å²) in [5, 5.41) is 0.652. The Morgan fingerprint density at radius 3 is 2.00 bits per heavy atom. The van der Waals surface area contributed by atoms with E-state index in [0.717, 1.165) is 11.1 Å². The molecule has 0 radical (unpaired) electrons. The largest absolute Gasteiger partial charge is 0.422 e. The van der Waals surface area contributed by atoms with Gasteiger partial charge in [-0.05, 0) is 17.7 Å². The van der Waals surface area contributed by atoms with Crippen LogP contribution in [0.4, 0.5) is 0 Å². The first-order chi connectivity index (χ1) is 12.1. The third kappa shape index (κ3) is 2.58. The Hall–Kier alpha value is -3.40. The number of benzene rings is 2. The van der Waals surface area contributed by atoms with Gasteiger partial charge in [0, 0.05) is 12.6 Å². The average Bonchev–Trinajstić information content (AvgIpc) is 2.66. The minimum absolute atomic E-state index is 0.221. The Morgan fingerprint density at radius 1 is 0.760 bits per heavy atom. The highest BCUT2D eigenvalue weighted by Gasteiger charge is 2.14. The smallest absolute Gasteiger partial charge is 0.344 e. The van der Waals surface area contributed by atoms with E-state index in [1.165, 1.54) is 0 Å². The van der Waals surface area contributed by atoms with Crippen LogP contribution in [0.1, 0.15) is 0 Å². The molecule has 0 N–H and O–H groups in total. The van der Waals surface area contributed by atoms with Crippen molar-refractivity contribution in [3.63, 3.8) is 0 Å². The quantitative estimate of drug-likeness (QED) is 0.562. The molecule has 0 aliphatic rings. The summed E-state index contributed by atoms with van der Waals surface area (Å²) in [7, 11) is 1.71. The standard InChI is InChI=1S/C21H15NO3/c1-22-18(14-8-4-2-5-9-14)12-17-16(20(22)23)13-19(25-21(17)24)15-10-6-3-7-11-15/h2-13H,1H3. The summed E-state index contributed by atoms with van der Waals surface area (Å²) in [5.41, 5.74) is 1.58. The van der Waals surface area contributed by atoms with E-state index in [2.05, 4.69) is 0 Å². The van der Waals surface area contributed by atoms with E-state index in [1.54, 1.807) is 23.7 Å². The molecule has 0 saturated carbocycles. The van der Waals surface area contributed by atoms with Gasteiger partial charge in [-0.3, -0.25) is 4.79 Å². The van der Waals surface area contributed by atoms with Gasteiger partial charge in [0.15, 0.2) is 0 Å². The van der Waals surface area contributed by atoms with Crippen molar-refractivity contribution in [2.45, 2.75) is 0 Å². The van der Waals surface area contributed by atoms with Gasteiger partial charge in [-0.15, -0.1) is 0 Å². The summed E-state index contributed by atoms with van der Waals surface area (Å²) in [6.45, 7) is 0. The molecule has 4 heteroatoms. The molecule has 4 aromatic rings. The van der Waals surface area contributed by atoms with Crippen LogP contribution in [0, 0.1) is 0 Å². The lowest BCUT2D eigenvalue weighted by Gasteiger charge is -2.10. The molecule has 2 heterocycles. The van der Waals surface area contributed by atoms with Crippen molar-refractivity contribution < 1.29 is 4.42 Å². The van der Waals surface area contributed by atoms with Crippen LogP contribution >= 0.6 is 0 Å². The Kier molecular flexibility index (Phi) is 3.58. The first-order valence-corrected chi connectivity index (χ1v) is 7.94. The van der Waals surface area contributed by atoms with E-state index in [0.29, 0.717) is 22.2 Å². The SMILES string of the molecule is Cn1c(-c2ccccc2)cc2c(=O)oc(-c3ccccc3)cc2c1=O. The van der Waals surface area contributed by atoms with Gasteiger partial charge < -0.3 is 8.98 Å². The van der Waals surface area contributed by atoms with Crippen LogP contribution in [-0.2, 0) is 7.05 Å². The molecular formula is C21H15NO3. The van der Waals surface area contributed by atoms with Gasteiger partial charge in [0.2, 0.25) is 0 Å². The van der Waals surface area contributed by atoms with Crippen LogP contribution in [0.3, 0.4) is 0 Å². The van der Waals surface area contributed by atoms with E-state index >= 15 is 0 Å². The van der Waals surface area contributed by atoms with Gasteiger partial charge in [-0.1, -0.05) is 60.7 Å². The van der Waals surface area contributed by atoms with Crippen LogP contribution < -0.4 is 11.2 Å². The molecule has 0 amide bonds. The fraction of sp³-hybridized carbons (Fsp3) is 0.0476. The van der Waals surface area contributed by atoms with Gasteiger partial charge in [0.25, 0.3) is 5.56 Å². The van der Waals surface area contributed by atoms with Crippen molar-refractivity contribution in [1.29, 1.82) is 0 Å². The maximum Gasteiger partial charge on any atom is 0.344 e. The van der Waals surface area contributed by atoms with Crippen LogP contribution in [0.15, 0.2) is 86.8 Å². The highest BCUT2D eigenvalue weighted by Crippen LogP contribution is 2.23. The predicted octanol–water partition coefficient (Wildman–Crippen LogP) is 3.83. The fourth-order valence-corrected chi connectivity index (χ4v) is 2.97. The number of pyridine rings is 1. The molecule has 0 fully saturated rings. The molecule has 0 unspecified atom stereocenters. The maximum atomic E-state index is 12.8. The molecule has 4 nitrogen and oxygen atoms in total. The molecule has 25 heavy (non-hydrogen) atoms. The minimum atomic E-state index is -0.508. The van der Waals surface area contributed by atoms with E-state index in [4.69, 9.17) is 4.42 Å². The second-order valence-corrected chi connectivity index (χ2v) is 5.85. The molecule has 4 rings (SSSR count). The topological polar surface area (TPSA) is 52.2 Å². The second-order valence-electron chi connectivity index (χ2n) is 5.85. The third-order valence-electron chi connectivity index (χ3n) is 4.29. The number of rotatable bonds is 2. The van der Waals surface area contributed by atoms with Gasteiger partial charge in [-0.2, -0.15) is 0 Å². The maximum absolute atomic E-state index is 12.8. The summed E-state index contributed by atoms with van der Waals surface area (Å²) in [6, 6.07) is 22.1. The van der Waals surface area contributed by atoms with Crippen LogP contribution in [0.5, 0.6) is 0 Å². The highest BCUT2D eigenvalue weighted by atomic mass is 16.4. The van der Waals surface area contributed by atoms with Crippen molar-refractivity contribution >= 4 is 10.8 Å². The average molecular weight is 329 g/mol. The Balaban J connectivity index is 2.02. The third-order valence-corrected chi connectivity index (χ3v) is 4.29. The number of nitrogens with zero attached hydrogens (tertiary/aromatic N) is 1. The molecule has 0 atom stereocenters. The Bertz CT molecular complexity index is 1170. The molecule has 2 aromatic heterocycles. The summed E-state index contributed by atoms with van der Waals surface area (Å²) < 4.78 is 7.02. The zero-order valence-electron chi connectivity index (χ0n) is 13.6. The van der Waals surface area contributed by atoms with Gasteiger partial charge in [0.1, 0.15) is 5.76 Å². The molecule has 0 aliphatic carbocycles. The monoisotopic (exact) mass is 329 g/mol. The molecular weight excluding hydrogens is 314 g/mol. The van der Waals surface area contributed by atoms with Gasteiger partial charge in [-0.25, -0.2) is 4.79 Å². The lowest BCUT2D eigenvalue weighted by atomic mass is 10.1. The lowest BCUT2D eigenvalue weighted by molar-refractivity contribution is 0.534. The molecule has 0 aliphatic heterocycles. The second kappa shape index (κ2) is 5.91. The van der Waals surface area contributed by atoms with E-state index in [9.17, 15) is 9.59 Å². The Labute approximate surface area is 143 Å². The summed E-state index contributed by atoms with van der Waals surface area (Å²) in [5.74, 6) is 0.391. The van der Waals surface area contributed by atoms with Crippen LogP contribution in [0.25, 0.3) is 33.4 Å². The number of hydrogen-bond donors (Lipinski definition) is 0. The molecule has 0 saturated heterocycles. The Morgan fingerprint density at radius 2 is 1.36 bits per heavy atom. The van der Waals surface area contributed by atoms with Crippen LogP contribution in [-0.4, -0.2) is 4.57 Å². The van der Waals surface area contributed by atoms with Crippen molar-refractivity contribution in [1.82, 2.24) is 4.57 Å². The molecule has 0 spiro atoms. The fourth-order valence-electron chi connectivity index (χ4n) is 2.97. The number of fused-ring (bicyclic) bond motifs is 1.